The molecule has 1 N–H and O–H groups in total. The summed E-state index contributed by atoms with van der Waals surface area (Å²) in [7, 11) is 0. The lowest BCUT2D eigenvalue weighted by atomic mass is 10.0. The molecule has 4 rings (SSSR count). The third-order valence-corrected chi connectivity index (χ3v) is 3.93. The van der Waals surface area contributed by atoms with Crippen molar-refractivity contribution in [2.24, 2.45) is 5.92 Å². The molecule has 0 saturated carbocycles. The predicted octanol–water partition coefficient (Wildman–Crippen LogP) is 1.34. The first-order valence-electron chi connectivity index (χ1n) is 7.22. The number of hydrogen-bond acceptors (Lipinski definition) is 5. The summed E-state index contributed by atoms with van der Waals surface area (Å²) >= 11 is 0. The van der Waals surface area contributed by atoms with E-state index in [-0.39, 0.29) is 0 Å². The third-order valence-electron chi connectivity index (χ3n) is 3.93. The largest absolute Gasteiger partial charge is 0.316 e. The first kappa shape index (κ1) is 12.4. The Bertz CT molecular complexity index is 742. The summed E-state index contributed by atoms with van der Waals surface area (Å²) < 4.78 is 1.92. The van der Waals surface area contributed by atoms with E-state index < -0.39 is 0 Å². The Labute approximate surface area is 122 Å². The van der Waals surface area contributed by atoms with Crippen LogP contribution in [-0.4, -0.2) is 37.7 Å². The Morgan fingerprint density at radius 2 is 2.24 bits per heavy atom. The van der Waals surface area contributed by atoms with Gasteiger partial charge in [-0.3, -0.25) is 4.40 Å². The quantitative estimate of drug-likeness (QED) is 0.784. The summed E-state index contributed by atoms with van der Waals surface area (Å²) in [6, 6.07) is 5.96. The zero-order valence-electron chi connectivity index (χ0n) is 11.6. The maximum atomic E-state index is 4.37. The van der Waals surface area contributed by atoms with Crippen molar-refractivity contribution in [3.8, 4) is 11.4 Å². The number of nitrogens with zero attached hydrogens (tertiary/aromatic N) is 5. The Balaban J connectivity index is 1.61. The van der Waals surface area contributed by atoms with Gasteiger partial charge in [-0.25, -0.2) is 9.97 Å². The lowest BCUT2D eigenvalue weighted by Crippen LogP contribution is -2.11. The molecule has 1 unspecified atom stereocenters. The minimum Gasteiger partial charge on any atom is -0.316 e. The molecule has 6 heteroatoms. The van der Waals surface area contributed by atoms with Crippen LogP contribution in [0.4, 0.5) is 0 Å². The molecule has 4 heterocycles. The number of imidazole rings is 1. The number of rotatable bonds is 3. The second-order valence-electron chi connectivity index (χ2n) is 5.41. The molecular formula is C15H16N6. The summed E-state index contributed by atoms with van der Waals surface area (Å²) in [6.07, 6.45) is 7.67. The molecule has 1 aliphatic rings. The highest BCUT2D eigenvalue weighted by Crippen LogP contribution is 2.18. The first-order valence-corrected chi connectivity index (χ1v) is 7.22. The average Bonchev–Trinajstić information content (AvgIpc) is 3.17. The topological polar surface area (TPSA) is 68.0 Å². The minimum absolute atomic E-state index is 0.676. The monoisotopic (exact) mass is 280 g/mol. The second-order valence-corrected chi connectivity index (χ2v) is 5.41. The summed E-state index contributed by atoms with van der Waals surface area (Å²) in [5.74, 6) is 1.36. The molecule has 6 nitrogen and oxygen atoms in total. The van der Waals surface area contributed by atoms with E-state index in [4.69, 9.17) is 0 Å². The van der Waals surface area contributed by atoms with Crippen molar-refractivity contribution >= 4 is 5.78 Å². The fourth-order valence-electron chi connectivity index (χ4n) is 2.81. The second kappa shape index (κ2) is 5.21. The van der Waals surface area contributed by atoms with Crippen molar-refractivity contribution in [1.29, 1.82) is 0 Å². The molecule has 3 aromatic rings. The summed E-state index contributed by atoms with van der Waals surface area (Å²) in [6.45, 7) is 2.20. The van der Waals surface area contributed by atoms with Crippen LogP contribution in [0, 0.1) is 5.92 Å². The molecule has 0 amide bonds. The minimum atomic E-state index is 0.676. The zero-order valence-corrected chi connectivity index (χ0v) is 11.6. The van der Waals surface area contributed by atoms with Gasteiger partial charge < -0.3 is 5.32 Å². The van der Waals surface area contributed by atoms with Gasteiger partial charge in [-0.05, 0) is 50.0 Å². The number of hydrogen-bond donors (Lipinski definition) is 1. The van der Waals surface area contributed by atoms with Crippen molar-refractivity contribution in [2.75, 3.05) is 13.1 Å². The Morgan fingerprint density at radius 1 is 1.24 bits per heavy atom. The van der Waals surface area contributed by atoms with E-state index in [0.717, 1.165) is 36.6 Å². The van der Waals surface area contributed by atoms with Gasteiger partial charge in [-0.1, -0.05) is 0 Å². The summed E-state index contributed by atoms with van der Waals surface area (Å²) in [4.78, 5) is 8.49. The Hall–Kier alpha value is -2.34. The van der Waals surface area contributed by atoms with Gasteiger partial charge in [-0.15, -0.1) is 5.10 Å². The first-order chi connectivity index (χ1) is 10.4. The zero-order chi connectivity index (χ0) is 14.1. The van der Waals surface area contributed by atoms with Crippen molar-refractivity contribution < 1.29 is 0 Å². The molecule has 21 heavy (non-hydrogen) atoms. The molecule has 1 saturated heterocycles. The van der Waals surface area contributed by atoms with E-state index >= 15 is 0 Å². The van der Waals surface area contributed by atoms with Gasteiger partial charge in [0, 0.05) is 12.4 Å². The third kappa shape index (κ3) is 2.38. The lowest BCUT2D eigenvalue weighted by molar-refractivity contribution is 0.567. The molecule has 0 spiro atoms. The van der Waals surface area contributed by atoms with Gasteiger partial charge in [0.25, 0.3) is 0 Å². The van der Waals surface area contributed by atoms with Crippen molar-refractivity contribution in [3.05, 3.63) is 42.5 Å². The molecule has 1 aliphatic heterocycles. The molecule has 3 aromatic heterocycles. The summed E-state index contributed by atoms with van der Waals surface area (Å²) in [5, 5.41) is 12.1. The number of aromatic nitrogens is 5. The molecular weight excluding hydrogens is 264 g/mol. The van der Waals surface area contributed by atoms with Crippen LogP contribution in [-0.2, 0) is 6.42 Å². The fourth-order valence-corrected chi connectivity index (χ4v) is 2.81. The molecule has 0 aliphatic carbocycles. The van der Waals surface area contributed by atoms with E-state index in [1.165, 1.54) is 6.42 Å². The van der Waals surface area contributed by atoms with Crippen LogP contribution in [0.1, 0.15) is 12.1 Å². The van der Waals surface area contributed by atoms with E-state index in [0.29, 0.717) is 11.7 Å². The highest BCUT2D eigenvalue weighted by molar-refractivity contribution is 5.57. The normalized spacial score (nSPS) is 18.4. The van der Waals surface area contributed by atoms with Crippen LogP contribution in [0.15, 0.2) is 36.8 Å². The SMILES string of the molecule is c1cnc2ncc(-c3ccc(CC4CCNC4)nn3)n2c1. The Morgan fingerprint density at radius 3 is 3.05 bits per heavy atom. The van der Waals surface area contributed by atoms with Crippen LogP contribution in [0.2, 0.25) is 0 Å². The van der Waals surface area contributed by atoms with Gasteiger partial charge in [-0.2, -0.15) is 5.10 Å². The maximum absolute atomic E-state index is 4.37. The van der Waals surface area contributed by atoms with Crippen molar-refractivity contribution in [1.82, 2.24) is 29.9 Å². The smallest absolute Gasteiger partial charge is 0.234 e. The van der Waals surface area contributed by atoms with Gasteiger partial charge >= 0.3 is 0 Å². The van der Waals surface area contributed by atoms with Crippen LogP contribution in [0.3, 0.4) is 0 Å². The maximum Gasteiger partial charge on any atom is 0.234 e. The number of fused-ring (bicyclic) bond motifs is 1. The van der Waals surface area contributed by atoms with Crippen LogP contribution in [0.5, 0.6) is 0 Å². The molecule has 0 aromatic carbocycles. The highest BCUT2D eigenvalue weighted by atomic mass is 15.1. The molecule has 1 fully saturated rings. The van der Waals surface area contributed by atoms with Crippen molar-refractivity contribution in [3.63, 3.8) is 0 Å². The fraction of sp³-hybridized carbons (Fsp3) is 0.333. The predicted molar refractivity (Wildman–Crippen MR) is 78.7 cm³/mol. The van der Waals surface area contributed by atoms with E-state index in [2.05, 4.69) is 31.5 Å². The van der Waals surface area contributed by atoms with Gasteiger partial charge in [0.1, 0.15) is 5.69 Å². The van der Waals surface area contributed by atoms with Crippen molar-refractivity contribution in [2.45, 2.75) is 12.8 Å². The standard InChI is InChI=1S/C15H16N6/c1-5-17-15-18-10-14(21(15)7-1)13-3-2-12(19-20-13)8-11-4-6-16-9-11/h1-3,5,7,10-11,16H,4,6,8-9H2. The molecule has 0 bridgehead atoms. The summed E-state index contributed by atoms with van der Waals surface area (Å²) in [5.41, 5.74) is 2.79. The molecule has 106 valence electrons. The van der Waals surface area contributed by atoms with Gasteiger partial charge in [0.2, 0.25) is 5.78 Å². The highest BCUT2D eigenvalue weighted by Gasteiger charge is 2.16. The van der Waals surface area contributed by atoms with E-state index in [9.17, 15) is 0 Å². The van der Waals surface area contributed by atoms with Gasteiger partial charge in [0.15, 0.2) is 0 Å². The van der Waals surface area contributed by atoms with Crippen LogP contribution >= 0.6 is 0 Å². The molecule has 0 radical (unpaired) electrons. The average molecular weight is 280 g/mol. The lowest BCUT2D eigenvalue weighted by Gasteiger charge is -2.07. The van der Waals surface area contributed by atoms with Gasteiger partial charge in [0.05, 0.1) is 17.6 Å². The Kier molecular flexibility index (Phi) is 3.08. The van der Waals surface area contributed by atoms with Crippen LogP contribution in [0.25, 0.3) is 17.2 Å². The molecule has 1 atom stereocenters. The van der Waals surface area contributed by atoms with E-state index in [1.54, 1.807) is 12.4 Å². The van der Waals surface area contributed by atoms with E-state index in [1.807, 2.05) is 22.7 Å². The van der Waals surface area contributed by atoms with Crippen LogP contribution < -0.4 is 5.32 Å². The number of nitrogens with one attached hydrogen (secondary N) is 1.